The van der Waals surface area contributed by atoms with E-state index in [1.807, 2.05) is 37.3 Å². The molecular weight excluding hydrogens is 413 g/mol. The number of allylic oxidation sites excluding steroid dienone is 4. The highest BCUT2D eigenvalue weighted by Crippen LogP contribution is 2.29. The summed E-state index contributed by atoms with van der Waals surface area (Å²) in [6.45, 7) is 8.14. The molecule has 3 rings (SSSR count). The maximum absolute atomic E-state index is 15.0. The number of benzene rings is 1. The first-order valence-electron chi connectivity index (χ1n) is 12.2. The molecule has 1 aliphatic rings. The molecule has 5 nitrogen and oxygen atoms in total. The number of nitrogens with one attached hydrogen (secondary N) is 2. The fraction of sp³-hybridized carbons (Fsp3) is 0.444. The van der Waals surface area contributed by atoms with Crippen LogP contribution in [0, 0.1) is 0 Å². The van der Waals surface area contributed by atoms with E-state index in [0.29, 0.717) is 12.2 Å². The predicted octanol–water partition coefficient (Wildman–Crippen LogP) is 6.50. The Hall–Kier alpha value is -2.86. The SMILES string of the molecule is CCCCN(CCC)C1=C(F)C=C(Nc2cccc(Nc3cccc(CC(C)N)c3)n2)CC1. The van der Waals surface area contributed by atoms with E-state index in [-0.39, 0.29) is 11.9 Å². The van der Waals surface area contributed by atoms with Gasteiger partial charge in [-0.2, -0.15) is 0 Å². The first kappa shape index (κ1) is 24.8. The van der Waals surface area contributed by atoms with Crippen molar-refractivity contribution in [1.82, 2.24) is 9.88 Å². The Balaban J connectivity index is 1.68. The fourth-order valence-electron chi connectivity index (χ4n) is 4.12. The summed E-state index contributed by atoms with van der Waals surface area (Å²) < 4.78 is 15.0. The Morgan fingerprint density at radius 3 is 2.48 bits per heavy atom. The van der Waals surface area contributed by atoms with Crippen LogP contribution in [0.5, 0.6) is 0 Å². The van der Waals surface area contributed by atoms with E-state index in [4.69, 9.17) is 5.73 Å². The van der Waals surface area contributed by atoms with E-state index >= 15 is 0 Å². The Bertz CT molecular complexity index is 966. The quantitative estimate of drug-likeness (QED) is 0.344. The van der Waals surface area contributed by atoms with Gasteiger partial charge in [0.2, 0.25) is 0 Å². The summed E-state index contributed by atoms with van der Waals surface area (Å²) in [5, 5.41) is 6.67. The standard InChI is InChI=1S/C27H38FN5/c1-4-6-16-33(15-5-2)25-14-13-23(19-24(25)28)31-27-12-8-11-26(32-27)30-22-10-7-9-21(18-22)17-20(3)29/h7-12,18-20H,4-6,13-17,29H2,1-3H3,(H2,30,31,32). The molecule has 0 fully saturated rings. The number of aromatic nitrogens is 1. The van der Waals surface area contributed by atoms with Crippen LogP contribution < -0.4 is 16.4 Å². The van der Waals surface area contributed by atoms with Crippen LogP contribution in [0.3, 0.4) is 0 Å². The minimum atomic E-state index is -0.131. The topological polar surface area (TPSA) is 66.2 Å². The molecule has 0 amide bonds. The second-order valence-corrected chi connectivity index (χ2v) is 8.84. The lowest BCUT2D eigenvalue weighted by atomic mass is 10.0. The zero-order chi connectivity index (χ0) is 23.6. The van der Waals surface area contributed by atoms with E-state index in [1.54, 1.807) is 6.08 Å². The van der Waals surface area contributed by atoms with Gasteiger partial charge >= 0.3 is 0 Å². The van der Waals surface area contributed by atoms with Crippen LogP contribution in [0.2, 0.25) is 0 Å². The molecular formula is C27H38FN5. The number of hydrogen-bond donors (Lipinski definition) is 3. The summed E-state index contributed by atoms with van der Waals surface area (Å²) >= 11 is 0. The van der Waals surface area contributed by atoms with Crippen molar-refractivity contribution >= 4 is 17.3 Å². The van der Waals surface area contributed by atoms with Gasteiger partial charge in [-0.15, -0.1) is 0 Å². The Morgan fingerprint density at radius 2 is 1.79 bits per heavy atom. The van der Waals surface area contributed by atoms with Crippen LogP contribution >= 0.6 is 0 Å². The van der Waals surface area contributed by atoms with Gasteiger partial charge < -0.3 is 21.3 Å². The van der Waals surface area contributed by atoms with Crippen LogP contribution in [0.15, 0.2) is 65.8 Å². The van der Waals surface area contributed by atoms with Gasteiger partial charge in [-0.25, -0.2) is 9.37 Å². The molecule has 1 aromatic heterocycles. The van der Waals surface area contributed by atoms with Crippen molar-refractivity contribution in [3.8, 4) is 0 Å². The highest BCUT2D eigenvalue weighted by Gasteiger charge is 2.19. The van der Waals surface area contributed by atoms with Gasteiger partial charge in [0.1, 0.15) is 17.5 Å². The molecule has 1 atom stereocenters. The highest BCUT2D eigenvalue weighted by atomic mass is 19.1. The van der Waals surface area contributed by atoms with Crippen molar-refractivity contribution in [3.63, 3.8) is 0 Å². The number of anilines is 3. The minimum Gasteiger partial charge on any atom is -0.372 e. The average molecular weight is 452 g/mol. The molecule has 1 unspecified atom stereocenters. The lowest BCUT2D eigenvalue weighted by Crippen LogP contribution is -2.27. The van der Waals surface area contributed by atoms with E-state index in [1.165, 1.54) is 5.56 Å². The second kappa shape index (κ2) is 12.4. The number of nitrogens with two attached hydrogens (primary N) is 1. The van der Waals surface area contributed by atoms with Crippen LogP contribution in [-0.4, -0.2) is 29.0 Å². The predicted molar refractivity (Wildman–Crippen MR) is 137 cm³/mol. The summed E-state index contributed by atoms with van der Waals surface area (Å²) in [6.07, 6.45) is 7.16. The van der Waals surface area contributed by atoms with Gasteiger partial charge in [0.05, 0.1) is 5.70 Å². The van der Waals surface area contributed by atoms with E-state index in [0.717, 1.165) is 68.1 Å². The molecule has 0 radical (unpaired) electrons. The third kappa shape index (κ3) is 7.60. The number of nitrogens with zero attached hydrogens (tertiary/aromatic N) is 2. The lowest BCUT2D eigenvalue weighted by molar-refractivity contribution is 0.312. The molecule has 2 aromatic rings. The number of pyridine rings is 1. The van der Waals surface area contributed by atoms with Gasteiger partial charge in [-0.3, -0.25) is 0 Å². The maximum Gasteiger partial charge on any atom is 0.144 e. The molecule has 0 aliphatic heterocycles. The zero-order valence-corrected chi connectivity index (χ0v) is 20.2. The monoisotopic (exact) mass is 451 g/mol. The van der Waals surface area contributed by atoms with E-state index in [2.05, 4.69) is 46.5 Å². The molecule has 0 bridgehead atoms. The molecule has 1 heterocycles. The van der Waals surface area contributed by atoms with E-state index < -0.39 is 0 Å². The number of rotatable bonds is 12. The average Bonchev–Trinajstić information content (AvgIpc) is 2.77. The molecule has 1 aromatic carbocycles. The van der Waals surface area contributed by atoms with Gasteiger partial charge in [-0.05, 0) is 74.9 Å². The third-order valence-corrected chi connectivity index (χ3v) is 5.66. The van der Waals surface area contributed by atoms with Crippen molar-refractivity contribution in [2.24, 2.45) is 5.73 Å². The summed E-state index contributed by atoms with van der Waals surface area (Å²) in [6, 6.07) is 14.1. The molecule has 33 heavy (non-hydrogen) atoms. The summed E-state index contributed by atoms with van der Waals surface area (Å²) in [4.78, 5) is 6.88. The van der Waals surface area contributed by atoms with Crippen LogP contribution in [0.1, 0.15) is 58.4 Å². The summed E-state index contributed by atoms with van der Waals surface area (Å²) in [5.74, 6) is 1.30. The Morgan fingerprint density at radius 1 is 1.03 bits per heavy atom. The van der Waals surface area contributed by atoms with Crippen molar-refractivity contribution in [2.75, 3.05) is 23.7 Å². The van der Waals surface area contributed by atoms with Crippen molar-refractivity contribution < 1.29 is 4.39 Å². The highest BCUT2D eigenvalue weighted by molar-refractivity contribution is 5.59. The van der Waals surface area contributed by atoms with Gasteiger partial charge in [0, 0.05) is 30.5 Å². The number of hydrogen-bond acceptors (Lipinski definition) is 5. The first-order valence-corrected chi connectivity index (χ1v) is 12.2. The zero-order valence-electron chi connectivity index (χ0n) is 20.2. The van der Waals surface area contributed by atoms with Crippen LogP contribution in [-0.2, 0) is 6.42 Å². The molecule has 0 saturated carbocycles. The maximum atomic E-state index is 15.0. The second-order valence-electron chi connectivity index (χ2n) is 8.84. The summed E-state index contributed by atoms with van der Waals surface area (Å²) in [5.41, 5.74) is 9.78. The fourth-order valence-corrected chi connectivity index (χ4v) is 4.12. The van der Waals surface area contributed by atoms with E-state index in [9.17, 15) is 4.39 Å². The molecule has 178 valence electrons. The smallest absolute Gasteiger partial charge is 0.144 e. The lowest BCUT2D eigenvalue weighted by Gasteiger charge is -2.29. The van der Waals surface area contributed by atoms with Crippen molar-refractivity contribution in [3.05, 3.63) is 71.3 Å². The van der Waals surface area contributed by atoms with Gasteiger partial charge in [0.25, 0.3) is 0 Å². The van der Waals surface area contributed by atoms with Crippen LogP contribution in [0.25, 0.3) is 0 Å². The number of unbranched alkanes of at least 4 members (excludes halogenated alkanes) is 1. The molecule has 0 spiro atoms. The number of halogens is 1. The van der Waals surface area contributed by atoms with Gasteiger partial charge in [-0.1, -0.05) is 38.5 Å². The normalized spacial score (nSPS) is 14.6. The van der Waals surface area contributed by atoms with Crippen molar-refractivity contribution in [2.45, 2.75) is 65.3 Å². The Labute approximate surface area is 198 Å². The molecule has 6 heteroatoms. The summed E-state index contributed by atoms with van der Waals surface area (Å²) in [7, 11) is 0. The minimum absolute atomic E-state index is 0.116. The van der Waals surface area contributed by atoms with Crippen molar-refractivity contribution in [1.29, 1.82) is 0 Å². The first-order chi connectivity index (χ1) is 16.0. The largest absolute Gasteiger partial charge is 0.372 e. The van der Waals surface area contributed by atoms with Crippen LogP contribution in [0.4, 0.5) is 21.7 Å². The molecule has 0 saturated heterocycles. The third-order valence-electron chi connectivity index (χ3n) is 5.66. The van der Waals surface area contributed by atoms with Gasteiger partial charge in [0.15, 0.2) is 0 Å². The molecule has 4 N–H and O–H groups in total. The molecule has 1 aliphatic carbocycles. The Kier molecular flexibility index (Phi) is 9.31.